The first-order valence-corrected chi connectivity index (χ1v) is 8.75. The first-order valence-electron chi connectivity index (χ1n) is 7.93. The standard InChI is InChI=1S/C18H20N2O5S/c1-4-25-18(23)14-11(2)15(26-17(14)20-13(21)10-24-3)16(22)19-12-8-6-5-7-9-12/h5-9H,4,10H2,1-3H3,(H,19,22)(H,20,21). The Labute approximate surface area is 155 Å². The lowest BCUT2D eigenvalue weighted by molar-refractivity contribution is -0.119. The largest absolute Gasteiger partial charge is 0.462 e. The van der Waals surface area contributed by atoms with Crippen LogP contribution in [0, 0.1) is 6.92 Å². The van der Waals surface area contributed by atoms with Crippen molar-refractivity contribution in [3.63, 3.8) is 0 Å². The molecule has 0 aliphatic rings. The molecule has 0 atom stereocenters. The van der Waals surface area contributed by atoms with Crippen LogP contribution >= 0.6 is 11.3 Å². The van der Waals surface area contributed by atoms with Gasteiger partial charge in [-0.3, -0.25) is 9.59 Å². The fourth-order valence-corrected chi connectivity index (χ4v) is 3.38. The van der Waals surface area contributed by atoms with Crippen molar-refractivity contribution in [3.05, 3.63) is 46.3 Å². The van der Waals surface area contributed by atoms with Crippen LogP contribution in [-0.2, 0) is 14.3 Å². The monoisotopic (exact) mass is 376 g/mol. The smallest absolute Gasteiger partial charge is 0.341 e. The molecule has 26 heavy (non-hydrogen) atoms. The molecule has 0 saturated heterocycles. The Morgan fingerprint density at radius 3 is 2.42 bits per heavy atom. The van der Waals surface area contributed by atoms with Crippen molar-refractivity contribution in [2.45, 2.75) is 13.8 Å². The number of esters is 1. The van der Waals surface area contributed by atoms with Gasteiger partial charge in [0.1, 0.15) is 11.6 Å². The highest BCUT2D eigenvalue weighted by Gasteiger charge is 2.26. The van der Waals surface area contributed by atoms with Crippen molar-refractivity contribution < 1.29 is 23.9 Å². The molecule has 0 fully saturated rings. The maximum absolute atomic E-state index is 12.6. The van der Waals surface area contributed by atoms with E-state index >= 15 is 0 Å². The zero-order valence-electron chi connectivity index (χ0n) is 14.8. The van der Waals surface area contributed by atoms with Gasteiger partial charge in [0.05, 0.1) is 17.0 Å². The van der Waals surface area contributed by atoms with E-state index in [-0.39, 0.29) is 29.7 Å². The Balaban J connectivity index is 2.35. The number of thiophene rings is 1. The molecule has 1 aromatic carbocycles. The van der Waals surface area contributed by atoms with Crippen LogP contribution in [0.4, 0.5) is 10.7 Å². The lowest BCUT2D eigenvalue weighted by Crippen LogP contribution is -2.18. The summed E-state index contributed by atoms with van der Waals surface area (Å²) in [6.07, 6.45) is 0. The van der Waals surface area contributed by atoms with E-state index in [1.54, 1.807) is 38.1 Å². The zero-order valence-corrected chi connectivity index (χ0v) is 15.6. The van der Waals surface area contributed by atoms with E-state index in [1.807, 2.05) is 6.07 Å². The Morgan fingerprint density at radius 1 is 1.12 bits per heavy atom. The molecule has 2 rings (SSSR count). The second-order valence-electron chi connectivity index (χ2n) is 5.28. The molecule has 0 spiro atoms. The van der Waals surface area contributed by atoms with Gasteiger partial charge in [-0.15, -0.1) is 11.3 Å². The van der Waals surface area contributed by atoms with Crippen molar-refractivity contribution >= 4 is 39.8 Å². The molecule has 0 aliphatic heterocycles. The van der Waals surface area contributed by atoms with Gasteiger partial charge in [0.25, 0.3) is 11.8 Å². The molecule has 0 aliphatic carbocycles. The van der Waals surface area contributed by atoms with Gasteiger partial charge in [-0.05, 0) is 31.5 Å². The third-order valence-electron chi connectivity index (χ3n) is 3.39. The summed E-state index contributed by atoms with van der Waals surface area (Å²) in [6.45, 7) is 3.36. The maximum Gasteiger partial charge on any atom is 0.341 e. The highest BCUT2D eigenvalue weighted by Crippen LogP contribution is 2.34. The predicted molar refractivity (Wildman–Crippen MR) is 99.9 cm³/mol. The number of carbonyl (C=O) groups is 3. The fraction of sp³-hybridized carbons (Fsp3) is 0.278. The van der Waals surface area contributed by atoms with Crippen LogP contribution in [0.25, 0.3) is 0 Å². The highest BCUT2D eigenvalue weighted by atomic mass is 32.1. The van der Waals surface area contributed by atoms with Crippen LogP contribution in [0.2, 0.25) is 0 Å². The summed E-state index contributed by atoms with van der Waals surface area (Å²) < 4.78 is 9.84. The second kappa shape index (κ2) is 9.12. The van der Waals surface area contributed by atoms with Gasteiger partial charge in [-0.2, -0.15) is 0 Å². The molecule has 7 nitrogen and oxygen atoms in total. The fourth-order valence-electron chi connectivity index (χ4n) is 2.27. The quantitative estimate of drug-likeness (QED) is 0.725. The Bertz CT molecular complexity index is 801. The average molecular weight is 376 g/mol. The van der Waals surface area contributed by atoms with E-state index in [9.17, 15) is 14.4 Å². The molecule has 0 unspecified atom stereocenters. The molecule has 0 radical (unpaired) electrons. The van der Waals surface area contributed by atoms with E-state index < -0.39 is 11.9 Å². The van der Waals surface area contributed by atoms with Crippen LogP contribution in [0.3, 0.4) is 0 Å². The summed E-state index contributed by atoms with van der Waals surface area (Å²) in [6, 6.07) is 8.96. The van der Waals surface area contributed by atoms with Crippen LogP contribution in [0.15, 0.2) is 30.3 Å². The van der Waals surface area contributed by atoms with Crippen LogP contribution < -0.4 is 10.6 Å². The Morgan fingerprint density at radius 2 is 1.81 bits per heavy atom. The summed E-state index contributed by atoms with van der Waals surface area (Å²) in [5.74, 6) is -1.38. The van der Waals surface area contributed by atoms with Gasteiger partial charge in [0.15, 0.2) is 0 Å². The van der Waals surface area contributed by atoms with E-state index in [1.165, 1.54) is 7.11 Å². The molecule has 2 amide bonds. The molecule has 2 aromatic rings. The molecule has 0 saturated carbocycles. The number of hydrogen-bond donors (Lipinski definition) is 2. The molecule has 2 N–H and O–H groups in total. The summed E-state index contributed by atoms with van der Waals surface area (Å²) in [4.78, 5) is 37.1. The van der Waals surface area contributed by atoms with Gasteiger partial charge in [-0.25, -0.2) is 4.79 Å². The Kier molecular flexibility index (Phi) is 6.88. The molecule has 0 bridgehead atoms. The maximum atomic E-state index is 12.6. The highest BCUT2D eigenvalue weighted by molar-refractivity contribution is 7.18. The summed E-state index contributed by atoms with van der Waals surface area (Å²) in [5.41, 5.74) is 1.27. The average Bonchev–Trinajstić information content (AvgIpc) is 2.92. The number of carbonyl (C=O) groups excluding carboxylic acids is 3. The Hall–Kier alpha value is -2.71. The van der Waals surface area contributed by atoms with Crippen molar-refractivity contribution in [2.24, 2.45) is 0 Å². The number of nitrogens with one attached hydrogen (secondary N) is 2. The third kappa shape index (κ3) is 4.68. The van der Waals surface area contributed by atoms with Crippen LogP contribution in [0.5, 0.6) is 0 Å². The van der Waals surface area contributed by atoms with Crippen LogP contribution in [-0.4, -0.2) is 38.1 Å². The number of rotatable bonds is 7. The summed E-state index contributed by atoms with van der Waals surface area (Å²) >= 11 is 1.02. The van der Waals surface area contributed by atoms with E-state index in [4.69, 9.17) is 9.47 Å². The van der Waals surface area contributed by atoms with Gasteiger partial charge >= 0.3 is 5.97 Å². The van der Waals surface area contributed by atoms with Gasteiger partial charge in [0, 0.05) is 12.8 Å². The van der Waals surface area contributed by atoms with E-state index in [0.29, 0.717) is 16.1 Å². The number of benzene rings is 1. The molecule has 138 valence electrons. The van der Waals surface area contributed by atoms with Crippen molar-refractivity contribution in [3.8, 4) is 0 Å². The molecule has 1 aromatic heterocycles. The lowest BCUT2D eigenvalue weighted by Gasteiger charge is -2.06. The topological polar surface area (TPSA) is 93.7 Å². The van der Waals surface area contributed by atoms with Crippen LogP contribution in [0.1, 0.15) is 32.5 Å². The number of amides is 2. The minimum absolute atomic E-state index is 0.162. The van der Waals surface area contributed by atoms with Gasteiger partial charge in [-0.1, -0.05) is 18.2 Å². The van der Waals surface area contributed by atoms with Crippen molar-refractivity contribution in [2.75, 3.05) is 31.0 Å². The SMILES string of the molecule is CCOC(=O)c1c(NC(=O)COC)sc(C(=O)Nc2ccccc2)c1C. The molecule has 8 heteroatoms. The number of para-hydroxylation sites is 1. The number of hydrogen-bond acceptors (Lipinski definition) is 6. The number of ether oxygens (including phenoxy) is 2. The van der Waals surface area contributed by atoms with Crippen molar-refractivity contribution in [1.29, 1.82) is 0 Å². The number of anilines is 2. The van der Waals surface area contributed by atoms with E-state index in [2.05, 4.69) is 10.6 Å². The normalized spacial score (nSPS) is 10.3. The predicted octanol–water partition coefficient (Wildman–Crippen LogP) is 3.07. The summed E-state index contributed by atoms with van der Waals surface area (Å²) in [5, 5.41) is 5.64. The van der Waals surface area contributed by atoms with Crippen molar-refractivity contribution in [1.82, 2.24) is 0 Å². The van der Waals surface area contributed by atoms with E-state index in [0.717, 1.165) is 11.3 Å². The zero-order chi connectivity index (χ0) is 19.1. The first-order chi connectivity index (χ1) is 12.5. The van der Waals surface area contributed by atoms with Gasteiger partial charge < -0.3 is 20.1 Å². The van der Waals surface area contributed by atoms with Gasteiger partial charge in [0.2, 0.25) is 0 Å². The first kappa shape index (κ1) is 19.6. The molecular formula is C18H20N2O5S. The molecular weight excluding hydrogens is 356 g/mol. The minimum atomic E-state index is -0.590. The number of methoxy groups -OCH3 is 1. The summed E-state index contributed by atoms with van der Waals surface area (Å²) in [7, 11) is 1.39. The lowest BCUT2D eigenvalue weighted by atomic mass is 10.1. The molecule has 1 heterocycles. The second-order valence-corrected chi connectivity index (χ2v) is 6.30. The third-order valence-corrected chi connectivity index (χ3v) is 4.60. The minimum Gasteiger partial charge on any atom is -0.462 e.